The van der Waals surface area contributed by atoms with Gasteiger partial charge in [-0.2, -0.15) is 0 Å². The summed E-state index contributed by atoms with van der Waals surface area (Å²) >= 11 is 1.58. The van der Waals surface area contributed by atoms with Gasteiger partial charge in [0, 0.05) is 57.7 Å². The Labute approximate surface area is 357 Å². The molecule has 6 fully saturated rings. The fourth-order valence-corrected chi connectivity index (χ4v) is 11.0. The topological polar surface area (TPSA) is 175 Å². The van der Waals surface area contributed by atoms with Gasteiger partial charge < -0.3 is 34.9 Å². The molecule has 5 saturated heterocycles. The van der Waals surface area contributed by atoms with Crippen molar-refractivity contribution >= 4 is 34.8 Å². The van der Waals surface area contributed by atoms with Crippen LogP contribution in [0.25, 0.3) is 10.4 Å². The lowest BCUT2D eigenvalue weighted by molar-refractivity contribution is -0.570. The molecule has 330 valence electrons. The highest BCUT2D eigenvalue weighted by molar-refractivity contribution is 7.13. The maximum Gasteiger partial charge on any atom is 0.246 e. The second-order valence-corrected chi connectivity index (χ2v) is 20.0. The highest BCUT2D eigenvalue weighted by Crippen LogP contribution is 2.60. The van der Waals surface area contributed by atoms with Crippen molar-refractivity contribution in [3.63, 3.8) is 0 Å². The van der Waals surface area contributed by atoms with Gasteiger partial charge >= 0.3 is 0 Å². The Kier molecular flexibility index (Phi) is 13.6. The Hall–Kier alpha value is -3.31. The first-order valence-corrected chi connectivity index (χ1v) is 22.7. The number of aliphatic hydroxyl groups excluding tert-OH is 1. The molecule has 15 heteroatoms. The molecule has 1 aromatic carbocycles. The number of rotatable bonds is 15. The van der Waals surface area contributed by atoms with E-state index in [4.69, 9.17) is 24.0 Å². The number of hydrogen-bond donors (Lipinski definition) is 3. The number of benzene rings is 1. The minimum absolute atomic E-state index is 0.00580. The Balaban J connectivity index is 0.841. The molecule has 1 saturated carbocycles. The van der Waals surface area contributed by atoms with Crippen LogP contribution in [-0.2, 0) is 49.7 Å². The van der Waals surface area contributed by atoms with Crippen LogP contribution in [0.2, 0.25) is 0 Å². The quantitative estimate of drug-likeness (QED) is 0.150. The molecular weight excluding hydrogens is 789 g/mol. The summed E-state index contributed by atoms with van der Waals surface area (Å²) in [6, 6.07) is 6.07. The third-order valence-corrected chi connectivity index (χ3v) is 14.6. The van der Waals surface area contributed by atoms with E-state index in [1.165, 1.54) is 4.90 Å². The third kappa shape index (κ3) is 9.37. The number of carbonyl (C=O) groups excluding carboxylic acids is 4. The van der Waals surface area contributed by atoms with E-state index >= 15 is 0 Å². The first-order chi connectivity index (χ1) is 28.5. The van der Waals surface area contributed by atoms with E-state index in [2.05, 4.69) is 29.5 Å². The second-order valence-electron chi connectivity index (χ2n) is 19.1. The van der Waals surface area contributed by atoms with Crippen LogP contribution in [0.4, 0.5) is 0 Å². The number of amides is 3. The molecule has 2 bridgehead atoms. The van der Waals surface area contributed by atoms with Crippen molar-refractivity contribution in [2.45, 2.75) is 155 Å². The van der Waals surface area contributed by atoms with E-state index in [0.717, 1.165) is 47.4 Å². The molecule has 1 aliphatic carbocycles. The summed E-state index contributed by atoms with van der Waals surface area (Å²) in [6.45, 7) is 14.5. The van der Waals surface area contributed by atoms with Crippen LogP contribution in [0.3, 0.4) is 0 Å². The van der Waals surface area contributed by atoms with Gasteiger partial charge in [-0.3, -0.25) is 19.2 Å². The number of fused-ring (bicyclic) bond motifs is 2. The van der Waals surface area contributed by atoms with Crippen LogP contribution in [0.1, 0.15) is 111 Å². The van der Waals surface area contributed by atoms with E-state index in [1.54, 1.807) is 11.3 Å². The maximum absolute atomic E-state index is 14.0. The van der Waals surface area contributed by atoms with Gasteiger partial charge in [-0.05, 0) is 73.8 Å². The number of ether oxygens (including phenoxy) is 3. The molecule has 0 unspecified atom stereocenters. The lowest BCUT2D eigenvalue weighted by atomic mass is 9.57. The lowest BCUT2D eigenvalue weighted by Gasteiger charge is -2.60. The summed E-state index contributed by atoms with van der Waals surface area (Å²) in [4.78, 5) is 72.8. The Morgan fingerprint density at radius 1 is 1.05 bits per heavy atom. The van der Waals surface area contributed by atoms with Crippen LogP contribution in [0, 0.1) is 36.0 Å². The van der Waals surface area contributed by atoms with Gasteiger partial charge in [0.1, 0.15) is 17.9 Å². The van der Waals surface area contributed by atoms with E-state index in [-0.39, 0.29) is 80.4 Å². The molecule has 3 N–H and O–H groups in total. The molecule has 5 aliphatic heterocycles. The molecule has 1 spiro atoms. The molecule has 60 heavy (non-hydrogen) atoms. The highest BCUT2D eigenvalue weighted by atomic mass is 32.1. The van der Waals surface area contributed by atoms with Crippen LogP contribution >= 0.6 is 11.3 Å². The molecule has 3 amide bonds. The zero-order chi connectivity index (χ0) is 43.0. The Morgan fingerprint density at radius 3 is 2.53 bits per heavy atom. The number of carbonyl (C=O) groups is 4. The standard InChI is InChI=1S/C45H64N4O10S/c1-26-10-15-34-27(2)36(56-42-45(34)33(26)16-18-44(7,57-42)58-59-45)22-31(50)9-8-19-55-20-17-37(52)48-39(43(4,5)6)41(54)49-24-32(51)21-35(49)40(53)46-23-29-11-13-30(14-12-29)38-28(3)47-25-60-38/h11-14,25-27,32-36,39,42,51H,8-10,15-24H2,1-7H3,(H,46,53)(H,48,52)/t26-,27-,32-,33+,34+,35+,36-,39-,42-,44-,45-/m1/s1. The van der Waals surface area contributed by atoms with Crippen molar-refractivity contribution in [3.05, 3.63) is 41.0 Å². The average Bonchev–Trinajstić information content (AvgIpc) is 3.74. The number of aryl methyl sites for hydroxylation is 1. The number of hydrogen-bond acceptors (Lipinski definition) is 12. The summed E-state index contributed by atoms with van der Waals surface area (Å²) in [7, 11) is 0. The summed E-state index contributed by atoms with van der Waals surface area (Å²) in [5, 5.41) is 16.4. The molecule has 2 aromatic rings. The minimum Gasteiger partial charge on any atom is -0.391 e. The summed E-state index contributed by atoms with van der Waals surface area (Å²) < 4.78 is 18.8. The fraction of sp³-hybridized carbons (Fsp3) is 0.711. The number of aromatic nitrogens is 1. The molecule has 14 nitrogen and oxygen atoms in total. The SMILES string of the molecule is Cc1ncsc1-c1ccc(CNC(=O)[C@@H]2C[C@@H](O)CN2C(=O)[C@@H](NC(=O)CCOCCCC(=O)C[C@H]2O[C@@H]3O[C@@]4(C)CC[C@H]5[C@H](C)CC[C@@H]([C@H]2C)[C@@]35OO4)C(C)(C)C)cc1. The van der Waals surface area contributed by atoms with Crippen molar-refractivity contribution in [2.75, 3.05) is 19.8 Å². The molecular formula is C45H64N4O10S. The largest absolute Gasteiger partial charge is 0.391 e. The second kappa shape index (κ2) is 18.2. The van der Waals surface area contributed by atoms with E-state index in [1.807, 2.05) is 64.4 Å². The summed E-state index contributed by atoms with van der Waals surface area (Å²) in [5.41, 5.74) is 3.40. The van der Waals surface area contributed by atoms with Crippen molar-refractivity contribution in [2.24, 2.45) is 29.1 Å². The molecule has 11 atom stereocenters. The van der Waals surface area contributed by atoms with Crippen molar-refractivity contribution in [1.82, 2.24) is 20.5 Å². The first kappa shape index (κ1) is 44.7. The molecule has 8 rings (SSSR count). The molecule has 6 heterocycles. The lowest BCUT2D eigenvalue weighted by Crippen LogP contribution is -2.70. The minimum atomic E-state index is -0.936. The summed E-state index contributed by atoms with van der Waals surface area (Å²) in [5.74, 6) is -0.911. The smallest absolute Gasteiger partial charge is 0.246 e. The van der Waals surface area contributed by atoms with Crippen molar-refractivity contribution in [3.8, 4) is 10.4 Å². The normalized spacial score (nSPS) is 32.8. The van der Waals surface area contributed by atoms with Gasteiger partial charge in [-0.15, -0.1) is 11.3 Å². The van der Waals surface area contributed by atoms with Crippen LogP contribution in [-0.4, -0.2) is 100 Å². The first-order valence-electron chi connectivity index (χ1n) is 21.8. The van der Waals surface area contributed by atoms with E-state index in [0.29, 0.717) is 25.4 Å². The van der Waals surface area contributed by atoms with Crippen LogP contribution < -0.4 is 10.6 Å². The number of nitrogens with zero attached hydrogens (tertiary/aromatic N) is 2. The average molecular weight is 853 g/mol. The molecule has 6 aliphatic rings. The van der Waals surface area contributed by atoms with Crippen molar-refractivity contribution < 1.29 is 48.3 Å². The predicted octanol–water partition coefficient (Wildman–Crippen LogP) is 5.62. The van der Waals surface area contributed by atoms with Gasteiger partial charge in [0.25, 0.3) is 0 Å². The zero-order valence-corrected chi connectivity index (χ0v) is 37.0. The van der Waals surface area contributed by atoms with Gasteiger partial charge in [0.05, 0.1) is 34.9 Å². The number of likely N-dealkylation sites (tertiary alicyclic amines) is 1. The predicted molar refractivity (Wildman–Crippen MR) is 223 cm³/mol. The van der Waals surface area contributed by atoms with Gasteiger partial charge in [0.15, 0.2) is 11.9 Å². The Bertz CT molecular complexity index is 1870. The number of nitrogens with one attached hydrogen (secondary N) is 2. The van der Waals surface area contributed by atoms with Gasteiger partial charge in [-0.25, -0.2) is 14.8 Å². The van der Waals surface area contributed by atoms with Gasteiger partial charge in [0.2, 0.25) is 23.5 Å². The van der Waals surface area contributed by atoms with E-state index in [9.17, 15) is 24.3 Å². The number of thiazole rings is 1. The Morgan fingerprint density at radius 2 is 1.82 bits per heavy atom. The highest BCUT2D eigenvalue weighted by Gasteiger charge is 2.69. The van der Waals surface area contributed by atoms with Crippen molar-refractivity contribution in [1.29, 1.82) is 0 Å². The zero-order valence-electron chi connectivity index (χ0n) is 36.2. The third-order valence-electron chi connectivity index (χ3n) is 13.7. The van der Waals surface area contributed by atoms with Gasteiger partial charge in [-0.1, -0.05) is 58.9 Å². The number of Topliss-reactive ketones (excluding diaryl/α,β-unsaturated/α-hetero) is 1. The molecule has 0 radical (unpaired) electrons. The number of aliphatic hydroxyl groups is 1. The number of ketones is 1. The summed E-state index contributed by atoms with van der Waals surface area (Å²) in [6.07, 6.45) is 3.30. The van der Waals surface area contributed by atoms with Crippen LogP contribution in [0.15, 0.2) is 29.8 Å². The fourth-order valence-electron chi connectivity index (χ4n) is 10.2. The molecule has 1 aromatic heterocycles. The van der Waals surface area contributed by atoms with E-state index < -0.39 is 47.2 Å². The van der Waals surface area contributed by atoms with Crippen LogP contribution in [0.5, 0.6) is 0 Å². The maximum atomic E-state index is 14.0. The number of β-amino-alcohol motifs (C(OH)–C–C–N with tert-alkyl or cyclic N) is 1. The monoisotopic (exact) mass is 852 g/mol.